The lowest BCUT2D eigenvalue weighted by Crippen LogP contribution is -2.36. The molecule has 0 spiro atoms. The average Bonchev–Trinajstić information content (AvgIpc) is 2.68. The largest absolute Gasteiger partial charge is 0.378 e. The Labute approximate surface area is 149 Å². The molecule has 3 rings (SSSR count). The highest BCUT2D eigenvalue weighted by atomic mass is 16.5. The highest BCUT2D eigenvalue weighted by Gasteiger charge is 2.13. The van der Waals surface area contributed by atoms with Crippen LogP contribution in [0.5, 0.6) is 0 Å². The Morgan fingerprint density at radius 2 is 1.88 bits per heavy atom. The number of morpholine rings is 1. The summed E-state index contributed by atoms with van der Waals surface area (Å²) in [6.07, 6.45) is 3.41. The molecule has 1 N–H and O–H groups in total. The number of carbonyl (C=O) groups excluding carboxylic acids is 1. The van der Waals surface area contributed by atoms with Crippen molar-refractivity contribution in [3.8, 4) is 0 Å². The van der Waals surface area contributed by atoms with Gasteiger partial charge in [0.2, 0.25) is 5.91 Å². The molecule has 0 saturated carbocycles. The average molecular weight is 336 g/mol. The maximum absolute atomic E-state index is 12.2. The summed E-state index contributed by atoms with van der Waals surface area (Å²) in [4.78, 5) is 14.5. The van der Waals surface area contributed by atoms with E-state index in [0.717, 1.165) is 37.4 Å². The molecule has 1 saturated heterocycles. The molecule has 0 bridgehead atoms. The summed E-state index contributed by atoms with van der Waals surface area (Å²) < 4.78 is 5.41. The summed E-state index contributed by atoms with van der Waals surface area (Å²) >= 11 is 0. The maximum atomic E-state index is 12.2. The molecule has 1 fully saturated rings. The summed E-state index contributed by atoms with van der Waals surface area (Å²) in [5, 5.41) is 3.03. The van der Waals surface area contributed by atoms with Crippen molar-refractivity contribution in [1.82, 2.24) is 5.32 Å². The molecule has 1 heterocycles. The van der Waals surface area contributed by atoms with Gasteiger partial charge in [-0.1, -0.05) is 42.5 Å². The van der Waals surface area contributed by atoms with Crippen LogP contribution in [-0.4, -0.2) is 32.2 Å². The maximum Gasteiger partial charge on any atom is 0.244 e. The third kappa shape index (κ3) is 4.94. The van der Waals surface area contributed by atoms with Gasteiger partial charge in [-0.2, -0.15) is 0 Å². The van der Waals surface area contributed by atoms with Crippen molar-refractivity contribution in [2.24, 2.45) is 0 Å². The van der Waals surface area contributed by atoms with Crippen LogP contribution < -0.4 is 10.2 Å². The number of hydrogen-bond donors (Lipinski definition) is 1. The molecule has 4 nitrogen and oxygen atoms in total. The molecule has 0 aromatic heterocycles. The van der Waals surface area contributed by atoms with Gasteiger partial charge in [0.05, 0.1) is 19.3 Å². The molecule has 25 heavy (non-hydrogen) atoms. The summed E-state index contributed by atoms with van der Waals surface area (Å²) in [5.74, 6) is -0.0897. The third-order valence-corrected chi connectivity index (χ3v) is 4.33. The monoisotopic (exact) mass is 336 g/mol. The Balaban J connectivity index is 1.61. The van der Waals surface area contributed by atoms with Gasteiger partial charge in [-0.05, 0) is 36.3 Å². The summed E-state index contributed by atoms with van der Waals surface area (Å²) in [5.41, 5.74) is 3.30. The molecule has 1 unspecified atom stereocenters. The number of hydrogen-bond acceptors (Lipinski definition) is 3. The van der Waals surface area contributed by atoms with Crippen LogP contribution >= 0.6 is 0 Å². The van der Waals surface area contributed by atoms with E-state index in [1.165, 1.54) is 5.69 Å². The molecular formula is C21H24N2O2. The first kappa shape index (κ1) is 17.2. The number of ether oxygens (including phenoxy) is 1. The van der Waals surface area contributed by atoms with Gasteiger partial charge in [-0.15, -0.1) is 0 Å². The predicted octanol–water partition coefficient (Wildman–Crippen LogP) is 3.41. The molecule has 130 valence electrons. The lowest BCUT2D eigenvalue weighted by atomic mass is 10.1. The van der Waals surface area contributed by atoms with E-state index in [0.29, 0.717) is 0 Å². The first-order valence-electron chi connectivity index (χ1n) is 8.68. The van der Waals surface area contributed by atoms with Crippen LogP contribution in [0.25, 0.3) is 6.08 Å². The number of carbonyl (C=O) groups is 1. The fourth-order valence-electron chi connectivity index (χ4n) is 2.89. The Hall–Kier alpha value is -2.59. The van der Waals surface area contributed by atoms with Gasteiger partial charge in [-0.25, -0.2) is 0 Å². The fraction of sp³-hybridized carbons (Fsp3) is 0.286. The molecule has 1 aliphatic rings. The topological polar surface area (TPSA) is 41.6 Å². The number of rotatable bonds is 5. The number of nitrogens with zero attached hydrogens (tertiary/aromatic N) is 1. The molecule has 1 amide bonds. The minimum Gasteiger partial charge on any atom is -0.378 e. The zero-order valence-electron chi connectivity index (χ0n) is 14.5. The number of benzene rings is 2. The number of anilines is 1. The zero-order chi connectivity index (χ0) is 17.5. The number of nitrogens with one attached hydrogen (secondary N) is 1. The van der Waals surface area contributed by atoms with Gasteiger partial charge < -0.3 is 15.0 Å². The standard InChI is InChI=1S/C21H24N2O2/c1-17(22-21(24)11-10-18-6-3-2-4-7-18)19-8-5-9-20(16-19)23-12-14-25-15-13-23/h2-11,16-17H,12-15H2,1H3,(H,22,24). The van der Waals surface area contributed by atoms with Crippen molar-refractivity contribution in [2.75, 3.05) is 31.2 Å². The Bertz CT molecular complexity index is 722. The Kier molecular flexibility index (Phi) is 5.86. The second kappa shape index (κ2) is 8.49. The normalized spacial score (nSPS) is 16.0. The van der Waals surface area contributed by atoms with Gasteiger partial charge >= 0.3 is 0 Å². The summed E-state index contributed by atoms with van der Waals surface area (Å²) in [7, 11) is 0. The van der Waals surface area contributed by atoms with Crippen LogP contribution in [0.15, 0.2) is 60.7 Å². The molecule has 1 aliphatic heterocycles. The molecule has 2 aromatic rings. The second-order valence-electron chi connectivity index (χ2n) is 6.17. The first-order chi connectivity index (χ1) is 12.2. The van der Waals surface area contributed by atoms with Crippen molar-refractivity contribution in [1.29, 1.82) is 0 Å². The molecule has 2 aromatic carbocycles. The second-order valence-corrected chi connectivity index (χ2v) is 6.17. The lowest BCUT2D eigenvalue weighted by Gasteiger charge is -2.29. The molecule has 0 aliphatic carbocycles. The molecular weight excluding hydrogens is 312 g/mol. The first-order valence-corrected chi connectivity index (χ1v) is 8.68. The molecule has 1 atom stereocenters. The fourth-order valence-corrected chi connectivity index (χ4v) is 2.89. The lowest BCUT2D eigenvalue weighted by molar-refractivity contribution is -0.117. The van der Waals surface area contributed by atoms with E-state index in [2.05, 4.69) is 28.4 Å². The highest BCUT2D eigenvalue weighted by molar-refractivity contribution is 5.91. The minimum absolute atomic E-state index is 0.0473. The van der Waals surface area contributed by atoms with E-state index in [-0.39, 0.29) is 11.9 Å². The Morgan fingerprint density at radius 1 is 1.12 bits per heavy atom. The summed E-state index contributed by atoms with van der Waals surface area (Å²) in [6.45, 7) is 5.35. The van der Waals surface area contributed by atoms with E-state index in [1.54, 1.807) is 6.08 Å². The van der Waals surface area contributed by atoms with E-state index in [1.807, 2.05) is 49.4 Å². The van der Waals surface area contributed by atoms with E-state index >= 15 is 0 Å². The van der Waals surface area contributed by atoms with Gasteiger partial charge in [0, 0.05) is 24.9 Å². The van der Waals surface area contributed by atoms with Crippen LogP contribution in [0.1, 0.15) is 24.1 Å². The van der Waals surface area contributed by atoms with Crippen molar-refractivity contribution < 1.29 is 9.53 Å². The highest BCUT2D eigenvalue weighted by Crippen LogP contribution is 2.21. The van der Waals surface area contributed by atoms with Gasteiger partial charge in [-0.3, -0.25) is 4.79 Å². The van der Waals surface area contributed by atoms with Crippen LogP contribution in [0.3, 0.4) is 0 Å². The minimum atomic E-state index is -0.0897. The quantitative estimate of drug-likeness (QED) is 0.851. The van der Waals surface area contributed by atoms with E-state index < -0.39 is 0 Å². The molecule has 4 heteroatoms. The van der Waals surface area contributed by atoms with Crippen LogP contribution in [-0.2, 0) is 9.53 Å². The Morgan fingerprint density at radius 3 is 2.64 bits per heavy atom. The van der Waals surface area contributed by atoms with E-state index in [4.69, 9.17) is 4.74 Å². The van der Waals surface area contributed by atoms with Crippen molar-refractivity contribution >= 4 is 17.7 Å². The number of amides is 1. The van der Waals surface area contributed by atoms with E-state index in [9.17, 15) is 4.79 Å². The van der Waals surface area contributed by atoms with Gasteiger partial charge in [0.25, 0.3) is 0 Å². The zero-order valence-corrected chi connectivity index (χ0v) is 14.5. The van der Waals surface area contributed by atoms with Crippen LogP contribution in [0.4, 0.5) is 5.69 Å². The van der Waals surface area contributed by atoms with Crippen molar-refractivity contribution in [2.45, 2.75) is 13.0 Å². The molecule has 0 radical (unpaired) electrons. The van der Waals surface area contributed by atoms with Crippen molar-refractivity contribution in [3.63, 3.8) is 0 Å². The van der Waals surface area contributed by atoms with Crippen molar-refractivity contribution in [3.05, 3.63) is 71.8 Å². The van der Waals surface area contributed by atoms with Crippen LogP contribution in [0, 0.1) is 0 Å². The SMILES string of the molecule is CC(NC(=O)C=Cc1ccccc1)c1cccc(N2CCOCC2)c1. The van der Waals surface area contributed by atoms with Crippen LogP contribution in [0.2, 0.25) is 0 Å². The third-order valence-electron chi connectivity index (χ3n) is 4.33. The summed E-state index contributed by atoms with van der Waals surface area (Å²) in [6, 6.07) is 18.1. The van der Waals surface area contributed by atoms with Gasteiger partial charge in [0.15, 0.2) is 0 Å². The van der Waals surface area contributed by atoms with Gasteiger partial charge in [0.1, 0.15) is 0 Å². The predicted molar refractivity (Wildman–Crippen MR) is 102 cm³/mol. The smallest absolute Gasteiger partial charge is 0.244 e.